The molecule has 0 unspecified atom stereocenters. The minimum atomic E-state index is 1.09. The zero-order valence-electron chi connectivity index (χ0n) is 1.88. The Kier molecular flexibility index (Phi) is 2.51. The van der Waals surface area contributed by atoms with E-state index in [0.717, 1.165) is 6.17 Å². The molecule has 0 aliphatic heterocycles. The molecule has 0 aliphatic rings. The summed E-state index contributed by atoms with van der Waals surface area (Å²) in [5.74, 6) is 0. The van der Waals surface area contributed by atoms with Crippen molar-refractivity contribution in [1.29, 1.82) is 0 Å². The van der Waals surface area contributed by atoms with Gasteiger partial charge in [-0.2, -0.15) is 0 Å². The molecule has 0 spiro atoms. The van der Waals surface area contributed by atoms with Gasteiger partial charge in [-0.05, 0) is 0 Å². The molecule has 4 heavy (non-hydrogen) atoms. The summed E-state index contributed by atoms with van der Waals surface area (Å²) in [6.45, 7) is 0. The molecule has 0 saturated heterocycles. The maximum Gasteiger partial charge on any atom is 0.827 e. The Hall–Kier alpha value is -0.293. The molecular formula is C2FSi+. The van der Waals surface area contributed by atoms with Crippen LogP contribution in [0.15, 0.2) is 0 Å². The molecule has 18 valence electrons. The van der Waals surface area contributed by atoms with Crippen LogP contribution < -0.4 is 0 Å². The summed E-state index contributed by atoms with van der Waals surface area (Å²) >= 11 is 0. The van der Waals surface area contributed by atoms with Crippen LogP contribution in [0.2, 0.25) is 0 Å². The molecule has 2 heteroatoms. The standard InChI is InChI=1S/C2FSi/c3-1-2-4/q+1. The van der Waals surface area contributed by atoms with Crippen LogP contribution in [0.25, 0.3) is 0 Å². The van der Waals surface area contributed by atoms with Crippen LogP contribution >= 0.6 is 0 Å². The lowest BCUT2D eigenvalue weighted by atomic mass is 11.3. The highest BCUT2D eigenvalue weighted by Gasteiger charge is 1.68. The van der Waals surface area contributed by atoms with Crippen LogP contribution in [0.3, 0.4) is 0 Å². The molecule has 0 aliphatic carbocycles. The van der Waals surface area contributed by atoms with Gasteiger partial charge < -0.3 is 0 Å². The fourth-order valence-corrected chi connectivity index (χ4v) is 0. The smallest absolute Gasteiger partial charge is 0.141 e. The molecule has 0 aromatic rings. The summed E-state index contributed by atoms with van der Waals surface area (Å²) in [7, 11) is 2.55. The van der Waals surface area contributed by atoms with Crippen molar-refractivity contribution < 1.29 is 4.39 Å². The summed E-state index contributed by atoms with van der Waals surface area (Å²) in [6, 6.07) is 0. The van der Waals surface area contributed by atoms with E-state index < -0.39 is 0 Å². The van der Waals surface area contributed by atoms with Crippen molar-refractivity contribution in [2.75, 3.05) is 0 Å². The van der Waals surface area contributed by atoms with E-state index in [4.69, 9.17) is 0 Å². The van der Waals surface area contributed by atoms with E-state index >= 15 is 0 Å². The molecule has 0 atom stereocenters. The highest BCUT2D eigenvalue weighted by molar-refractivity contribution is 6.22. The maximum absolute atomic E-state index is 10.3. The van der Waals surface area contributed by atoms with E-state index in [-0.39, 0.29) is 0 Å². The monoisotopic (exact) mass is 71.0 g/mol. The average molecular weight is 71.1 g/mol. The lowest BCUT2D eigenvalue weighted by Crippen LogP contribution is -1.39. The molecule has 0 aromatic heterocycles. The SMILES string of the molecule is FC#C[Si+]. The van der Waals surface area contributed by atoms with Crippen molar-refractivity contribution >= 4 is 10.2 Å². The largest absolute Gasteiger partial charge is 0.827 e. The van der Waals surface area contributed by atoms with Gasteiger partial charge in [0.25, 0.3) is 0 Å². The molecule has 0 aromatic carbocycles. The van der Waals surface area contributed by atoms with Gasteiger partial charge in [-0.1, -0.05) is 0 Å². The Labute approximate surface area is 27.4 Å². The van der Waals surface area contributed by atoms with E-state index in [0.29, 0.717) is 0 Å². The molecule has 0 nitrogen and oxygen atoms in total. The van der Waals surface area contributed by atoms with Crippen LogP contribution in [0.1, 0.15) is 0 Å². The number of hydrogen-bond acceptors (Lipinski definition) is 0. The van der Waals surface area contributed by atoms with Gasteiger partial charge in [0.1, 0.15) is 6.17 Å². The number of hydrogen-bond donors (Lipinski definition) is 0. The minimum Gasteiger partial charge on any atom is -0.141 e. The van der Waals surface area contributed by atoms with Gasteiger partial charge in [0.2, 0.25) is 0 Å². The Morgan fingerprint density at radius 2 is 2.00 bits per heavy atom. The van der Waals surface area contributed by atoms with Gasteiger partial charge >= 0.3 is 10.2 Å². The van der Waals surface area contributed by atoms with Crippen molar-refractivity contribution in [3.8, 4) is 11.7 Å². The zero-order chi connectivity index (χ0) is 3.41. The molecule has 0 rings (SSSR count). The Morgan fingerprint density at radius 1 is 1.75 bits per heavy atom. The topological polar surface area (TPSA) is 0 Å². The third-order valence-electron chi connectivity index (χ3n) is 0.0472. The number of rotatable bonds is 0. The Bertz CT molecular complexity index is 42.8. The van der Waals surface area contributed by atoms with Gasteiger partial charge in [-0.25, -0.2) is 0 Å². The number of halogens is 1. The highest BCUT2D eigenvalue weighted by atomic mass is 28.1. The summed E-state index contributed by atoms with van der Waals surface area (Å²) < 4.78 is 10.3. The predicted molar refractivity (Wildman–Crippen MR) is 14.6 cm³/mol. The summed E-state index contributed by atoms with van der Waals surface area (Å²) in [4.78, 5) is 0. The molecule has 0 amide bonds. The van der Waals surface area contributed by atoms with Gasteiger partial charge in [-0.3, -0.25) is 0 Å². The van der Waals surface area contributed by atoms with Gasteiger partial charge in [0.15, 0.2) is 5.54 Å². The van der Waals surface area contributed by atoms with Crippen molar-refractivity contribution in [1.82, 2.24) is 0 Å². The van der Waals surface area contributed by atoms with E-state index in [2.05, 4.69) is 10.2 Å². The van der Waals surface area contributed by atoms with Crippen LogP contribution in [0, 0.1) is 11.7 Å². The van der Waals surface area contributed by atoms with E-state index in [9.17, 15) is 4.39 Å². The zero-order valence-corrected chi connectivity index (χ0v) is 2.88. The van der Waals surface area contributed by atoms with Crippen LogP contribution in [0.4, 0.5) is 4.39 Å². The fourth-order valence-electron chi connectivity index (χ4n) is 0. The average Bonchev–Trinajstić information content (AvgIpc) is 1.37. The van der Waals surface area contributed by atoms with Crippen LogP contribution in [0.5, 0.6) is 0 Å². The second kappa shape index (κ2) is 2.71. The van der Waals surface area contributed by atoms with Gasteiger partial charge in [0.05, 0.1) is 0 Å². The van der Waals surface area contributed by atoms with E-state index in [1.165, 1.54) is 0 Å². The minimum absolute atomic E-state index is 1.09. The predicted octanol–water partition coefficient (Wildman–Crippen LogP) is 0.0428. The third kappa shape index (κ3) is 1.71. The highest BCUT2D eigenvalue weighted by Crippen LogP contribution is 1.41. The van der Waals surface area contributed by atoms with Crippen molar-refractivity contribution in [2.45, 2.75) is 0 Å². The second-order valence-corrected chi connectivity index (χ2v) is 0.469. The van der Waals surface area contributed by atoms with Crippen molar-refractivity contribution in [3.05, 3.63) is 0 Å². The second-order valence-electron chi connectivity index (χ2n) is 0.219. The lowest BCUT2D eigenvalue weighted by molar-refractivity contribution is 0.775. The molecule has 0 N–H and O–H groups in total. The quantitative estimate of drug-likeness (QED) is 0.279. The van der Waals surface area contributed by atoms with Crippen molar-refractivity contribution in [2.24, 2.45) is 0 Å². The Morgan fingerprint density at radius 3 is 2.00 bits per heavy atom. The summed E-state index contributed by atoms with van der Waals surface area (Å²) in [5.41, 5.74) is 1.82. The first-order chi connectivity index (χ1) is 1.91. The van der Waals surface area contributed by atoms with E-state index in [1.807, 2.05) is 5.54 Å². The van der Waals surface area contributed by atoms with E-state index in [1.54, 1.807) is 0 Å². The first-order valence-electron chi connectivity index (χ1n) is 0.689. The first-order valence-corrected chi connectivity index (χ1v) is 1.19. The van der Waals surface area contributed by atoms with Crippen molar-refractivity contribution in [3.63, 3.8) is 0 Å². The Balaban J connectivity index is 2.83. The summed E-state index contributed by atoms with van der Waals surface area (Å²) in [5, 5.41) is 0. The molecule has 0 heterocycles. The third-order valence-corrected chi connectivity index (χ3v) is 0.142. The van der Waals surface area contributed by atoms with Crippen LogP contribution in [-0.4, -0.2) is 10.2 Å². The lowest BCUT2D eigenvalue weighted by Gasteiger charge is -1.19. The normalized spacial score (nSPS) is 3.25. The fraction of sp³-hybridized carbons (Fsp3) is 0. The maximum atomic E-state index is 10.3. The molecule has 0 bridgehead atoms. The van der Waals surface area contributed by atoms with Crippen LogP contribution in [-0.2, 0) is 0 Å². The molecular weight excluding hydrogens is 71.1 g/mol. The van der Waals surface area contributed by atoms with Gasteiger partial charge in [0, 0.05) is 0 Å². The van der Waals surface area contributed by atoms with Gasteiger partial charge in [-0.15, -0.1) is 4.39 Å². The molecule has 2 radical (unpaired) electrons. The first kappa shape index (κ1) is 3.71. The molecule has 0 saturated carbocycles. The molecule has 0 fully saturated rings. The summed E-state index contributed by atoms with van der Waals surface area (Å²) in [6.07, 6.45) is 1.09.